The maximum atomic E-state index is 12.6. The fourth-order valence-electron chi connectivity index (χ4n) is 3.62. The fourth-order valence-corrected chi connectivity index (χ4v) is 3.62. The zero-order chi connectivity index (χ0) is 19.0. The zero-order valence-electron chi connectivity index (χ0n) is 16.2. The van der Waals surface area contributed by atoms with E-state index in [9.17, 15) is 9.59 Å². The van der Waals surface area contributed by atoms with Crippen molar-refractivity contribution in [3.05, 3.63) is 35.9 Å². The first-order valence-electron chi connectivity index (χ1n) is 9.87. The summed E-state index contributed by atoms with van der Waals surface area (Å²) >= 11 is 0. The number of nitrogens with two attached hydrogens (primary N) is 1. The third-order valence-electron chi connectivity index (χ3n) is 5.88. The molecule has 5 heteroatoms. The van der Waals surface area contributed by atoms with Crippen LogP contribution in [-0.4, -0.2) is 42.4 Å². The van der Waals surface area contributed by atoms with Crippen LogP contribution in [0.3, 0.4) is 0 Å². The van der Waals surface area contributed by atoms with Crippen LogP contribution < -0.4 is 11.1 Å². The van der Waals surface area contributed by atoms with E-state index in [0.717, 1.165) is 32.1 Å². The Labute approximate surface area is 157 Å². The van der Waals surface area contributed by atoms with E-state index < -0.39 is 5.41 Å². The number of hydrogen-bond donors (Lipinski definition) is 2. The van der Waals surface area contributed by atoms with Crippen LogP contribution >= 0.6 is 0 Å². The molecule has 0 bridgehead atoms. The number of rotatable bonds is 8. The minimum atomic E-state index is -0.456. The van der Waals surface area contributed by atoms with Gasteiger partial charge in [0.2, 0.25) is 11.8 Å². The molecule has 1 fully saturated rings. The molecule has 1 heterocycles. The van der Waals surface area contributed by atoms with Crippen molar-refractivity contribution in [3.63, 3.8) is 0 Å². The minimum absolute atomic E-state index is 0.0684. The number of nitrogens with one attached hydrogen (secondary N) is 1. The molecule has 26 heavy (non-hydrogen) atoms. The van der Waals surface area contributed by atoms with Gasteiger partial charge in [0, 0.05) is 32.1 Å². The fraction of sp³-hybridized carbons (Fsp3) is 0.619. The normalized spacial score (nSPS) is 15.7. The molecule has 0 unspecified atom stereocenters. The Morgan fingerprint density at radius 1 is 1.15 bits per heavy atom. The van der Waals surface area contributed by atoms with Gasteiger partial charge in [-0.2, -0.15) is 0 Å². The second-order valence-electron chi connectivity index (χ2n) is 7.31. The number of likely N-dealkylation sites (tertiary alicyclic amines) is 1. The van der Waals surface area contributed by atoms with E-state index in [0.29, 0.717) is 26.1 Å². The molecule has 0 aromatic heterocycles. The monoisotopic (exact) mass is 359 g/mol. The summed E-state index contributed by atoms with van der Waals surface area (Å²) in [6.07, 6.45) is 4.46. The van der Waals surface area contributed by atoms with E-state index >= 15 is 0 Å². The maximum absolute atomic E-state index is 12.6. The van der Waals surface area contributed by atoms with Gasteiger partial charge in [0.1, 0.15) is 0 Å². The van der Waals surface area contributed by atoms with Crippen LogP contribution in [-0.2, 0) is 16.0 Å². The van der Waals surface area contributed by atoms with E-state index in [1.165, 1.54) is 5.56 Å². The first-order chi connectivity index (χ1) is 12.5. The van der Waals surface area contributed by atoms with Crippen molar-refractivity contribution in [2.75, 3.05) is 19.6 Å². The highest BCUT2D eigenvalue weighted by Crippen LogP contribution is 2.26. The van der Waals surface area contributed by atoms with E-state index in [1.54, 1.807) is 0 Å². The van der Waals surface area contributed by atoms with Crippen molar-refractivity contribution in [2.45, 2.75) is 58.4 Å². The molecule has 0 atom stereocenters. The van der Waals surface area contributed by atoms with Crippen LogP contribution in [0.25, 0.3) is 0 Å². The smallest absolute Gasteiger partial charge is 0.227 e. The lowest BCUT2D eigenvalue weighted by atomic mass is 9.81. The summed E-state index contributed by atoms with van der Waals surface area (Å²) in [6, 6.07) is 10.2. The number of piperidine rings is 1. The second-order valence-corrected chi connectivity index (χ2v) is 7.31. The third kappa shape index (κ3) is 5.07. The predicted molar refractivity (Wildman–Crippen MR) is 105 cm³/mol. The van der Waals surface area contributed by atoms with Gasteiger partial charge in [0.15, 0.2) is 0 Å². The summed E-state index contributed by atoms with van der Waals surface area (Å²) in [7, 11) is 0. The Hall–Kier alpha value is -1.88. The lowest BCUT2D eigenvalue weighted by Crippen LogP contribution is -2.52. The average Bonchev–Trinajstić information content (AvgIpc) is 2.69. The molecule has 1 aromatic carbocycles. The molecule has 144 valence electrons. The molecule has 0 saturated carbocycles. The number of amides is 2. The average molecular weight is 360 g/mol. The van der Waals surface area contributed by atoms with E-state index in [2.05, 4.69) is 17.4 Å². The van der Waals surface area contributed by atoms with Gasteiger partial charge >= 0.3 is 0 Å². The standard InChI is InChI=1S/C21H33N3O2/c1-3-21(4-2,16-22)20(26)23-18-12-14-24(15-13-18)19(25)11-10-17-8-6-5-7-9-17/h5-9,18H,3-4,10-16,22H2,1-2H3,(H,23,26). The van der Waals surface area contributed by atoms with Crippen molar-refractivity contribution in [2.24, 2.45) is 11.1 Å². The Morgan fingerprint density at radius 3 is 2.31 bits per heavy atom. The molecular formula is C21H33N3O2. The van der Waals surface area contributed by atoms with Gasteiger partial charge in [0.25, 0.3) is 0 Å². The van der Waals surface area contributed by atoms with Gasteiger partial charge in [-0.1, -0.05) is 44.2 Å². The van der Waals surface area contributed by atoms with Crippen LogP contribution in [0.1, 0.15) is 51.5 Å². The number of hydrogen-bond acceptors (Lipinski definition) is 3. The van der Waals surface area contributed by atoms with Gasteiger partial charge in [-0.3, -0.25) is 9.59 Å². The quantitative estimate of drug-likeness (QED) is 0.749. The highest BCUT2D eigenvalue weighted by Gasteiger charge is 2.35. The molecule has 0 spiro atoms. The minimum Gasteiger partial charge on any atom is -0.353 e. The summed E-state index contributed by atoms with van der Waals surface area (Å²) < 4.78 is 0. The van der Waals surface area contributed by atoms with Crippen molar-refractivity contribution in [3.8, 4) is 0 Å². The summed E-state index contributed by atoms with van der Waals surface area (Å²) in [5.74, 6) is 0.274. The molecule has 0 radical (unpaired) electrons. The number of carbonyl (C=O) groups is 2. The number of carbonyl (C=O) groups excluding carboxylic acids is 2. The lowest BCUT2D eigenvalue weighted by molar-refractivity contribution is -0.133. The van der Waals surface area contributed by atoms with Crippen molar-refractivity contribution in [1.29, 1.82) is 0 Å². The Bertz CT molecular complexity index is 568. The highest BCUT2D eigenvalue weighted by molar-refractivity contribution is 5.83. The molecule has 2 rings (SSSR count). The Kier molecular flexibility index (Phi) is 7.64. The molecule has 1 saturated heterocycles. The third-order valence-corrected chi connectivity index (χ3v) is 5.88. The first kappa shape index (κ1) is 20.4. The van der Waals surface area contributed by atoms with Gasteiger partial charge in [-0.25, -0.2) is 0 Å². The van der Waals surface area contributed by atoms with E-state index in [-0.39, 0.29) is 17.9 Å². The number of aryl methyl sites for hydroxylation is 1. The molecule has 1 aliphatic heterocycles. The molecular weight excluding hydrogens is 326 g/mol. The lowest BCUT2D eigenvalue weighted by Gasteiger charge is -2.35. The van der Waals surface area contributed by atoms with Crippen molar-refractivity contribution < 1.29 is 9.59 Å². The topological polar surface area (TPSA) is 75.4 Å². The van der Waals surface area contributed by atoms with Crippen LogP contribution in [0.15, 0.2) is 30.3 Å². The molecule has 5 nitrogen and oxygen atoms in total. The Balaban J connectivity index is 1.77. The number of nitrogens with zero attached hydrogens (tertiary/aromatic N) is 1. The van der Waals surface area contributed by atoms with Crippen LogP contribution in [0.2, 0.25) is 0 Å². The molecule has 0 aliphatic carbocycles. The van der Waals surface area contributed by atoms with Crippen molar-refractivity contribution in [1.82, 2.24) is 10.2 Å². The van der Waals surface area contributed by atoms with Gasteiger partial charge in [-0.05, 0) is 37.7 Å². The van der Waals surface area contributed by atoms with Crippen LogP contribution in [0.4, 0.5) is 0 Å². The largest absolute Gasteiger partial charge is 0.353 e. The maximum Gasteiger partial charge on any atom is 0.227 e. The molecule has 2 amide bonds. The summed E-state index contributed by atoms with van der Waals surface area (Å²) in [4.78, 5) is 27.0. The van der Waals surface area contributed by atoms with Gasteiger partial charge in [0.05, 0.1) is 5.41 Å². The van der Waals surface area contributed by atoms with Crippen molar-refractivity contribution >= 4 is 11.8 Å². The Morgan fingerprint density at radius 2 is 1.77 bits per heavy atom. The number of benzene rings is 1. The van der Waals surface area contributed by atoms with Crippen LogP contribution in [0, 0.1) is 5.41 Å². The van der Waals surface area contributed by atoms with E-state index in [4.69, 9.17) is 5.73 Å². The summed E-state index contributed by atoms with van der Waals surface area (Å²) in [5.41, 5.74) is 6.60. The molecule has 1 aliphatic rings. The summed E-state index contributed by atoms with van der Waals surface area (Å²) in [6.45, 7) is 5.84. The molecule has 3 N–H and O–H groups in total. The second kappa shape index (κ2) is 9.72. The first-order valence-corrected chi connectivity index (χ1v) is 9.87. The van der Waals surface area contributed by atoms with Gasteiger partial charge < -0.3 is 16.0 Å². The van der Waals surface area contributed by atoms with Crippen LogP contribution in [0.5, 0.6) is 0 Å². The zero-order valence-corrected chi connectivity index (χ0v) is 16.2. The van der Waals surface area contributed by atoms with E-state index in [1.807, 2.05) is 36.9 Å². The molecule has 1 aromatic rings. The predicted octanol–water partition coefficient (Wildman–Crippen LogP) is 2.49. The summed E-state index contributed by atoms with van der Waals surface area (Å²) in [5, 5.41) is 3.17. The highest BCUT2D eigenvalue weighted by atomic mass is 16.2. The van der Waals surface area contributed by atoms with Gasteiger partial charge in [-0.15, -0.1) is 0 Å². The SMILES string of the molecule is CCC(CC)(CN)C(=O)NC1CCN(C(=O)CCc2ccccc2)CC1.